The van der Waals surface area contributed by atoms with Gasteiger partial charge in [-0.05, 0) is 38.3 Å². The fraction of sp³-hybridized carbons (Fsp3) is 0.917. The number of amides is 1. The van der Waals surface area contributed by atoms with E-state index in [1.54, 1.807) is 0 Å². The van der Waals surface area contributed by atoms with Crippen LogP contribution in [-0.4, -0.2) is 42.5 Å². The van der Waals surface area contributed by atoms with Gasteiger partial charge in [-0.1, -0.05) is 6.92 Å². The maximum atomic E-state index is 11.7. The molecule has 3 aliphatic rings. The molecule has 3 heterocycles. The molecule has 0 radical (unpaired) electrons. The van der Waals surface area contributed by atoms with Crippen LogP contribution in [0, 0.1) is 5.92 Å². The topological polar surface area (TPSA) is 58.4 Å². The predicted octanol–water partition coefficient (Wildman–Crippen LogP) is 0.324. The van der Waals surface area contributed by atoms with Crippen molar-refractivity contribution in [1.29, 1.82) is 0 Å². The van der Waals surface area contributed by atoms with Gasteiger partial charge in [0.05, 0.1) is 0 Å². The molecule has 16 heavy (non-hydrogen) atoms. The summed E-state index contributed by atoms with van der Waals surface area (Å²) in [5.41, 5.74) is 5.78. The van der Waals surface area contributed by atoms with E-state index in [-0.39, 0.29) is 11.9 Å². The van der Waals surface area contributed by atoms with Crippen LogP contribution in [0.5, 0.6) is 0 Å². The number of rotatable bonds is 4. The van der Waals surface area contributed by atoms with Crippen LogP contribution < -0.4 is 11.1 Å². The van der Waals surface area contributed by atoms with Gasteiger partial charge < -0.3 is 16.0 Å². The van der Waals surface area contributed by atoms with Crippen LogP contribution in [0.15, 0.2) is 0 Å². The summed E-state index contributed by atoms with van der Waals surface area (Å²) in [4.78, 5) is 14.2. The number of fused-ring (bicyclic) bond motifs is 3. The average molecular weight is 225 g/mol. The third-order valence-electron chi connectivity index (χ3n) is 3.97. The van der Waals surface area contributed by atoms with Crippen molar-refractivity contribution < 1.29 is 4.79 Å². The highest BCUT2D eigenvalue weighted by molar-refractivity contribution is 5.77. The van der Waals surface area contributed by atoms with Gasteiger partial charge in [0.1, 0.15) is 0 Å². The second-order valence-corrected chi connectivity index (χ2v) is 5.18. The molecule has 0 aliphatic carbocycles. The molecule has 2 bridgehead atoms. The van der Waals surface area contributed by atoms with Crippen molar-refractivity contribution in [2.24, 2.45) is 11.7 Å². The van der Waals surface area contributed by atoms with Crippen LogP contribution in [-0.2, 0) is 4.79 Å². The molecule has 92 valence electrons. The number of hydrogen-bond donors (Lipinski definition) is 2. The van der Waals surface area contributed by atoms with Crippen molar-refractivity contribution in [1.82, 2.24) is 10.2 Å². The molecule has 0 aromatic carbocycles. The van der Waals surface area contributed by atoms with Gasteiger partial charge >= 0.3 is 0 Å². The standard InChI is InChI=1S/C12H23N3O/c1-2-10(13)7-12(16)14-11-8-15-5-3-9(11)4-6-15/h9-11H,2-8,13H2,1H3,(H,14,16). The molecule has 3 fully saturated rings. The van der Waals surface area contributed by atoms with E-state index in [0.29, 0.717) is 18.4 Å². The molecule has 4 heteroatoms. The Bertz CT molecular complexity index is 249. The first-order valence-electron chi connectivity index (χ1n) is 6.46. The lowest BCUT2D eigenvalue weighted by atomic mass is 9.84. The molecule has 2 atom stereocenters. The lowest BCUT2D eigenvalue weighted by Gasteiger charge is -2.45. The van der Waals surface area contributed by atoms with Crippen LogP contribution in [0.2, 0.25) is 0 Å². The highest BCUT2D eigenvalue weighted by Crippen LogP contribution is 2.27. The number of nitrogens with two attached hydrogens (primary N) is 1. The second-order valence-electron chi connectivity index (χ2n) is 5.18. The van der Waals surface area contributed by atoms with E-state index in [1.807, 2.05) is 6.92 Å². The van der Waals surface area contributed by atoms with E-state index in [2.05, 4.69) is 10.2 Å². The zero-order chi connectivity index (χ0) is 11.5. The summed E-state index contributed by atoms with van der Waals surface area (Å²) in [6.07, 6.45) is 3.82. The number of nitrogens with zero attached hydrogens (tertiary/aromatic N) is 1. The minimum Gasteiger partial charge on any atom is -0.352 e. The quantitative estimate of drug-likeness (QED) is 0.724. The van der Waals surface area contributed by atoms with Crippen molar-refractivity contribution in [3.8, 4) is 0 Å². The zero-order valence-corrected chi connectivity index (χ0v) is 10.1. The minimum atomic E-state index is 0.0149. The SMILES string of the molecule is CCC(N)CC(=O)NC1CN2CCC1CC2. The van der Waals surface area contributed by atoms with Crippen molar-refractivity contribution in [3.05, 3.63) is 0 Å². The number of piperidine rings is 3. The smallest absolute Gasteiger partial charge is 0.221 e. The lowest BCUT2D eigenvalue weighted by Crippen LogP contribution is -2.57. The Balaban J connectivity index is 1.79. The van der Waals surface area contributed by atoms with E-state index in [0.717, 1.165) is 13.0 Å². The second kappa shape index (κ2) is 5.15. The molecule has 0 aromatic rings. The monoisotopic (exact) mass is 225 g/mol. The molecule has 0 spiro atoms. The van der Waals surface area contributed by atoms with Crippen molar-refractivity contribution in [2.45, 2.75) is 44.7 Å². The van der Waals surface area contributed by atoms with Gasteiger partial charge in [0, 0.05) is 25.0 Å². The fourth-order valence-electron chi connectivity index (χ4n) is 2.78. The Kier molecular flexibility index (Phi) is 3.82. The third kappa shape index (κ3) is 2.74. The molecular formula is C12H23N3O. The maximum Gasteiger partial charge on any atom is 0.221 e. The molecule has 3 rings (SSSR count). The number of carbonyl (C=O) groups is 1. The van der Waals surface area contributed by atoms with Gasteiger partial charge in [-0.15, -0.1) is 0 Å². The fourth-order valence-corrected chi connectivity index (χ4v) is 2.78. The molecule has 4 nitrogen and oxygen atoms in total. The van der Waals surface area contributed by atoms with Gasteiger partial charge in [-0.3, -0.25) is 4.79 Å². The average Bonchev–Trinajstić information content (AvgIpc) is 2.30. The van der Waals surface area contributed by atoms with E-state index in [1.165, 1.54) is 25.9 Å². The first kappa shape index (κ1) is 11.9. The van der Waals surface area contributed by atoms with E-state index in [9.17, 15) is 4.79 Å². The van der Waals surface area contributed by atoms with Crippen LogP contribution >= 0.6 is 0 Å². The molecule has 2 unspecified atom stereocenters. The van der Waals surface area contributed by atoms with Gasteiger partial charge in [-0.2, -0.15) is 0 Å². The Morgan fingerprint density at radius 3 is 2.69 bits per heavy atom. The maximum absolute atomic E-state index is 11.7. The Morgan fingerprint density at radius 2 is 2.19 bits per heavy atom. The lowest BCUT2D eigenvalue weighted by molar-refractivity contribution is -0.123. The highest BCUT2D eigenvalue weighted by Gasteiger charge is 2.34. The Labute approximate surface area is 97.6 Å². The van der Waals surface area contributed by atoms with Crippen molar-refractivity contribution in [3.63, 3.8) is 0 Å². The van der Waals surface area contributed by atoms with E-state index in [4.69, 9.17) is 5.73 Å². The van der Waals surface area contributed by atoms with Gasteiger partial charge in [-0.25, -0.2) is 0 Å². The molecule has 3 aliphatic heterocycles. The molecule has 0 aromatic heterocycles. The first-order chi connectivity index (χ1) is 7.69. The predicted molar refractivity (Wildman–Crippen MR) is 64.0 cm³/mol. The molecule has 1 amide bonds. The van der Waals surface area contributed by atoms with Crippen LogP contribution in [0.4, 0.5) is 0 Å². The summed E-state index contributed by atoms with van der Waals surface area (Å²) in [5, 5.41) is 3.15. The Morgan fingerprint density at radius 1 is 1.50 bits per heavy atom. The van der Waals surface area contributed by atoms with E-state index < -0.39 is 0 Å². The first-order valence-corrected chi connectivity index (χ1v) is 6.46. The number of nitrogens with one attached hydrogen (secondary N) is 1. The van der Waals surface area contributed by atoms with Crippen LogP contribution in [0.25, 0.3) is 0 Å². The third-order valence-corrected chi connectivity index (χ3v) is 3.97. The van der Waals surface area contributed by atoms with Crippen LogP contribution in [0.1, 0.15) is 32.6 Å². The summed E-state index contributed by atoms with van der Waals surface area (Å²) in [7, 11) is 0. The van der Waals surface area contributed by atoms with Crippen molar-refractivity contribution >= 4 is 5.91 Å². The van der Waals surface area contributed by atoms with Crippen LogP contribution in [0.3, 0.4) is 0 Å². The molecule has 3 saturated heterocycles. The van der Waals surface area contributed by atoms with Gasteiger partial charge in [0.15, 0.2) is 0 Å². The summed E-state index contributed by atoms with van der Waals surface area (Å²) in [5.74, 6) is 0.833. The zero-order valence-electron chi connectivity index (χ0n) is 10.1. The van der Waals surface area contributed by atoms with E-state index >= 15 is 0 Å². The van der Waals surface area contributed by atoms with Crippen molar-refractivity contribution in [2.75, 3.05) is 19.6 Å². The molecule has 3 N–H and O–H groups in total. The summed E-state index contributed by atoms with van der Waals surface area (Å²) >= 11 is 0. The Hall–Kier alpha value is -0.610. The summed E-state index contributed by atoms with van der Waals surface area (Å²) in [6.45, 7) is 5.49. The minimum absolute atomic E-state index is 0.0149. The number of hydrogen-bond acceptors (Lipinski definition) is 3. The highest BCUT2D eigenvalue weighted by atomic mass is 16.1. The van der Waals surface area contributed by atoms with Gasteiger partial charge in [0.2, 0.25) is 5.91 Å². The normalized spacial score (nSPS) is 34.8. The number of carbonyl (C=O) groups excluding carboxylic acids is 1. The molecular weight excluding hydrogens is 202 g/mol. The summed E-state index contributed by atoms with van der Waals surface area (Å²) in [6, 6.07) is 0.389. The van der Waals surface area contributed by atoms with Gasteiger partial charge in [0.25, 0.3) is 0 Å². The summed E-state index contributed by atoms with van der Waals surface area (Å²) < 4.78 is 0. The largest absolute Gasteiger partial charge is 0.352 e. The molecule has 0 saturated carbocycles.